The summed E-state index contributed by atoms with van der Waals surface area (Å²) in [6, 6.07) is 15.8. The van der Waals surface area contributed by atoms with Gasteiger partial charge < -0.3 is 5.32 Å². The fraction of sp³-hybridized carbons (Fsp3) is 0.0455. The molecule has 1 aromatic carbocycles. The van der Waals surface area contributed by atoms with Crippen LogP contribution in [0.1, 0.15) is 11.1 Å². The van der Waals surface area contributed by atoms with Crippen molar-refractivity contribution in [3.8, 4) is 16.3 Å². The van der Waals surface area contributed by atoms with Crippen LogP contribution in [0.4, 0.5) is 5.69 Å². The second-order valence-electron chi connectivity index (χ2n) is 6.20. The standard InChI is InChI=1S/C22H18N4OS/c1-16-11-12-23-14-19(16)24-21(27)10-9-17-15-26(18-6-3-2-4-7-18)25-22(17)20-8-5-13-28-20/h2-15H,1H3,(H,24,27)/b10-9+. The van der Waals surface area contributed by atoms with Gasteiger partial charge in [0.2, 0.25) is 5.91 Å². The molecular formula is C22H18N4OS. The molecule has 0 atom stereocenters. The first-order valence-electron chi connectivity index (χ1n) is 8.79. The molecule has 138 valence electrons. The first-order chi connectivity index (χ1) is 13.7. The molecule has 3 aromatic heterocycles. The molecule has 5 nitrogen and oxygen atoms in total. The van der Waals surface area contributed by atoms with Crippen molar-refractivity contribution in [3.05, 3.63) is 89.7 Å². The van der Waals surface area contributed by atoms with E-state index in [1.54, 1.807) is 29.8 Å². The average Bonchev–Trinajstić information content (AvgIpc) is 3.38. The summed E-state index contributed by atoms with van der Waals surface area (Å²) < 4.78 is 1.83. The van der Waals surface area contributed by atoms with Gasteiger partial charge in [-0.2, -0.15) is 5.10 Å². The number of hydrogen-bond donors (Lipinski definition) is 1. The normalized spacial score (nSPS) is 11.0. The number of para-hydroxylation sites is 1. The fourth-order valence-corrected chi connectivity index (χ4v) is 3.49. The zero-order chi connectivity index (χ0) is 19.3. The average molecular weight is 386 g/mol. The summed E-state index contributed by atoms with van der Waals surface area (Å²) >= 11 is 1.62. The number of aryl methyl sites for hydroxylation is 1. The van der Waals surface area contributed by atoms with Crippen LogP contribution in [0, 0.1) is 6.92 Å². The Labute approximate surface area is 167 Å². The van der Waals surface area contributed by atoms with Crippen LogP contribution in [0.3, 0.4) is 0 Å². The van der Waals surface area contributed by atoms with Crippen molar-refractivity contribution in [1.29, 1.82) is 0 Å². The van der Waals surface area contributed by atoms with E-state index in [4.69, 9.17) is 5.10 Å². The minimum atomic E-state index is -0.208. The monoisotopic (exact) mass is 386 g/mol. The van der Waals surface area contributed by atoms with Gasteiger partial charge in [0, 0.05) is 24.0 Å². The number of aromatic nitrogens is 3. The maximum absolute atomic E-state index is 12.4. The molecule has 0 saturated heterocycles. The van der Waals surface area contributed by atoms with Crippen molar-refractivity contribution in [3.63, 3.8) is 0 Å². The second-order valence-corrected chi connectivity index (χ2v) is 7.15. The molecular weight excluding hydrogens is 368 g/mol. The summed E-state index contributed by atoms with van der Waals surface area (Å²) in [6.07, 6.45) is 8.60. The SMILES string of the molecule is Cc1ccncc1NC(=O)/C=C/c1cn(-c2ccccc2)nc1-c1cccs1. The van der Waals surface area contributed by atoms with Crippen LogP contribution in [0.25, 0.3) is 22.3 Å². The lowest BCUT2D eigenvalue weighted by Gasteiger charge is -2.04. The lowest BCUT2D eigenvalue weighted by atomic mass is 10.2. The summed E-state index contributed by atoms with van der Waals surface area (Å²) in [4.78, 5) is 17.5. The van der Waals surface area contributed by atoms with Crippen LogP contribution in [-0.4, -0.2) is 20.7 Å². The molecule has 0 aliphatic heterocycles. The highest BCUT2D eigenvalue weighted by Gasteiger charge is 2.12. The molecule has 0 spiro atoms. The Bertz CT molecular complexity index is 1110. The number of carbonyl (C=O) groups excluding carboxylic acids is 1. The molecule has 0 aliphatic rings. The third kappa shape index (κ3) is 3.92. The molecule has 0 unspecified atom stereocenters. The Hall–Kier alpha value is -3.51. The van der Waals surface area contributed by atoms with Crippen molar-refractivity contribution in [1.82, 2.24) is 14.8 Å². The van der Waals surface area contributed by atoms with Gasteiger partial charge in [0.05, 0.1) is 22.4 Å². The molecule has 1 amide bonds. The maximum Gasteiger partial charge on any atom is 0.248 e. The van der Waals surface area contributed by atoms with Gasteiger partial charge >= 0.3 is 0 Å². The minimum Gasteiger partial charge on any atom is -0.321 e. The minimum absolute atomic E-state index is 0.208. The lowest BCUT2D eigenvalue weighted by Crippen LogP contribution is -2.09. The molecule has 4 aromatic rings. The number of nitrogens with zero attached hydrogens (tertiary/aromatic N) is 3. The first kappa shape index (κ1) is 17.9. The van der Waals surface area contributed by atoms with Gasteiger partial charge in [0.15, 0.2) is 0 Å². The zero-order valence-electron chi connectivity index (χ0n) is 15.2. The van der Waals surface area contributed by atoms with E-state index in [9.17, 15) is 4.79 Å². The van der Waals surface area contributed by atoms with Crippen LogP contribution >= 0.6 is 11.3 Å². The summed E-state index contributed by atoms with van der Waals surface area (Å²) in [5.74, 6) is -0.208. The topological polar surface area (TPSA) is 59.8 Å². The number of rotatable bonds is 5. The Balaban J connectivity index is 1.63. The van der Waals surface area contributed by atoms with Gasteiger partial charge in [-0.1, -0.05) is 24.3 Å². The Morgan fingerprint density at radius 2 is 2.00 bits per heavy atom. The van der Waals surface area contributed by atoms with Crippen LogP contribution in [-0.2, 0) is 4.79 Å². The summed E-state index contributed by atoms with van der Waals surface area (Å²) in [6.45, 7) is 1.93. The predicted molar refractivity (Wildman–Crippen MR) is 114 cm³/mol. The molecule has 4 rings (SSSR count). The number of hydrogen-bond acceptors (Lipinski definition) is 4. The number of pyridine rings is 1. The van der Waals surface area contributed by atoms with E-state index >= 15 is 0 Å². The number of anilines is 1. The predicted octanol–water partition coefficient (Wildman–Crippen LogP) is 4.96. The lowest BCUT2D eigenvalue weighted by molar-refractivity contribution is -0.111. The molecule has 0 saturated carbocycles. The van der Waals surface area contributed by atoms with Crippen LogP contribution in [0.5, 0.6) is 0 Å². The number of carbonyl (C=O) groups is 1. The molecule has 0 aliphatic carbocycles. The van der Waals surface area contributed by atoms with E-state index < -0.39 is 0 Å². The number of amides is 1. The fourth-order valence-electron chi connectivity index (χ4n) is 2.76. The van der Waals surface area contributed by atoms with E-state index in [0.717, 1.165) is 27.4 Å². The highest BCUT2D eigenvalue weighted by Crippen LogP contribution is 2.28. The first-order valence-corrected chi connectivity index (χ1v) is 9.67. The molecule has 1 N–H and O–H groups in total. The smallest absolute Gasteiger partial charge is 0.248 e. The van der Waals surface area contributed by atoms with E-state index in [1.165, 1.54) is 6.08 Å². The number of nitrogens with one attached hydrogen (secondary N) is 1. The van der Waals surface area contributed by atoms with Crippen molar-refractivity contribution < 1.29 is 4.79 Å². The van der Waals surface area contributed by atoms with Crippen LogP contribution in [0.2, 0.25) is 0 Å². The molecule has 6 heteroatoms. The molecule has 0 radical (unpaired) electrons. The van der Waals surface area contributed by atoms with Crippen molar-refractivity contribution in [2.75, 3.05) is 5.32 Å². The van der Waals surface area contributed by atoms with E-state index in [1.807, 2.05) is 71.7 Å². The third-order valence-electron chi connectivity index (χ3n) is 4.23. The summed E-state index contributed by atoms with van der Waals surface area (Å²) in [5.41, 5.74) is 4.36. The Morgan fingerprint density at radius 1 is 1.14 bits per heavy atom. The van der Waals surface area contributed by atoms with Gasteiger partial charge in [-0.25, -0.2) is 4.68 Å². The Kier molecular flexibility index (Phi) is 5.12. The van der Waals surface area contributed by atoms with E-state index in [0.29, 0.717) is 5.69 Å². The van der Waals surface area contributed by atoms with Crippen molar-refractivity contribution in [2.24, 2.45) is 0 Å². The zero-order valence-corrected chi connectivity index (χ0v) is 16.1. The van der Waals surface area contributed by atoms with Crippen molar-refractivity contribution in [2.45, 2.75) is 6.92 Å². The summed E-state index contributed by atoms with van der Waals surface area (Å²) in [5, 5.41) is 9.61. The van der Waals surface area contributed by atoms with Crippen molar-refractivity contribution >= 4 is 29.0 Å². The number of benzene rings is 1. The Morgan fingerprint density at radius 3 is 2.75 bits per heavy atom. The van der Waals surface area contributed by atoms with Gasteiger partial charge in [0.25, 0.3) is 0 Å². The molecule has 0 bridgehead atoms. The number of thiophene rings is 1. The van der Waals surface area contributed by atoms with Gasteiger partial charge in [0.1, 0.15) is 5.69 Å². The van der Waals surface area contributed by atoms with Gasteiger partial charge in [-0.15, -0.1) is 11.3 Å². The maximum atomic E-state index is 12.4. The van der Waals surface area contributed by atoms with Gasteiger partial charge in [-0.3, -0.25) is 9.78 Å². The van der Waals surface area contributed by atoms with Crippen LogP contribution in [0.15, 0.2) is 78.6 Å². The second kappa shape index (κ2) is 8.02. The third-order valence-corrected chi connectivity index (χ3v) is 5.11. The van der Waals surface area contributed by atoms with E-state index in [-0.39, 0.29) is 5.91 Å². The molecule has 3 heterocycles. The summed E-state index contributed by atoms with van der Waals surface area (Å²) in [7, 11) is 0. The van der Waals surface area contributed by atoms with E-state index in [2.05, 4.69) is 10.3 Å². The van der Waals surface area contributed by atoms with Crippen LogP contribution < -0.4 is 5.32 Å². The highest BCUT2D eigenvalue weighted by molar-refractivity contribution is 7.13. The largest absolute Gasteiger partial charge is 0.321 e. The quantitative estimate of drug-likeness (QED) is 0.493. The van der Waals surface area contributed by atoms with Gasteiger partial charge in [-0.05, 0) is 48.2 Å². The molecule has 28 heavy (non-hydrogen) atoms. The highest BCUT2D eigenvalue weighted by atomic mass is 32.1. The molecule has 0 fully saturated rings.